The maximum absolute atomic E-state index is 12.3. The van der Waals surface area contributed by atoms with Gasteiger partial charge in [0.25, 0.3) is 5.91 Å². The summed E-state index contributed by atoms with van der Waals surface area (Å²) in [6, 6.07) is 1.84. The molecule has 0 aliphatic carbocycles. The van der Waals surface area contributed by atoms with E-state index in [2.05, 4.69) is 20.3 Å². The number of halogens is 4. The summed E-state index contributed by atoms with van der Waals surface area (Å²) in [6.07, 6.45) is -1.06. The van der Waals surface area contributed by atoms with Crippen LogP contribution < -0.4 is 5.32 Å². The quantitative estimate of drug-likeness (QED) is 0.907. The first kappa shape index (κ1) is 17.8. The van der Waals surface area contributed by atoms with Crippen molar-refractivity contribution >= 4 is 23.2 Å². The zero-order chi connectivity index (χ0) is 16.8. The van der Waals surface area contributed by atoms with Gasteiger partial charge in [-0.05, 0) is 12.1 Å². The fourth-order valence-corrected chi connectivity index (χ4v) is 1.49. The van der Waals surface area contributed by atoms with E-state index in [0.29, 0.717) is 0 Å². The molecule has 2 aromatic rings. The van der Waals surface area contributed by atoms with Gasteiger partial charge in [-0.25, -0.2) is 15.0 Å². The highest BCUT2D eigenvalue weighted by molar-refractivity contribution is 6.32. The predicted molar refractivity (Wildman–Crippen MR) is 75.6 cm³/mol. The second-order valence-electron chi connectivity index (χ2n) is 3.58. The second-order valence-corrected chi connectivity index (χ2v) is 3.94. The first-order valence-electron chi connectivity index (χ1n) is 6.19. The van der Waals surface area contributed by atoms with Crippen molar-refractivity contribution in [1.29, 1.82) is 0 Å². The van der Waals surface area contributed by atoms with Crippen molar-refractivity contribution < 1.29 is 18.0 Å². The number of anilines is 1. The predicted octanol–water partition coefficient (Wildman–Crippen LogP) is 3.82. The lowest BCUT2D eigenvalue weighted by Crippen LogP contribution is -2.15. The molecule has 1 N–H and O–H groups in total. The van der Waals surface area contributed by atoms with Crippen LogP contribution in [0.4, 0.5) is 18.9 Å². The molecule has 1 amide bonds. The summed E-state index contributed by atoms with van der Waals surface area (Å²) in [6.45, 7) is 4.00. The molecular formula is C13H12ClF3N4O. The minimum absolute atomic E-state index is 0.0877. The maximum Gasteiger partial charge on any atom is 0.433 e. The molecule has 0 saturated heterocycles. The molecule has 2 aromatic heterocycles. The van der Waals surface area contributed by atoms with Crippen LogP contribution in [0.3, 0.4) is 0 Å². The molecule has 5 nitrogen and oxygen atoms in total. The molecule has 0 aromatic carbocycles. The van der Waals surface area contributed by atoms with Crippen LogP contribution in [-0.2, 0) is 6.18 Å². The molecule has 0 bridgehead atoms. The topological polar surface area (TPSA) is 67.8 Å². The summed E-state index contributed by atoms with van der Waals surface area (Å²) in [5, 5.41) is 2.22. The van der Waals surface area contributed by atoms with E-state index < -0.39 is 17.8 Å². The Balaban J connectivity index is 0.00000116. The van der Waals surface area contributed by atoms with Gasteiger partial charge in [0.2, 0.25) is 0 Å². The first-order valence-corrected chi connectivity index (χ1v) is 6.57. The molecule has 0 spiro atoms. The lowest BCUT2D eigenvalue weighted by atomic mass is 10.3. The number of amides is 1. The maximum atomic E-state index is 12.3. The van der Waals surface area contributed by atoms with Gasteiger partial charge in [0.05, 0.1) is 11.9 Å². The minimum Gasteiger partial charge on any atom is -0.319 e. The largest absolute Gasteiger partial charge is 0.433 e. The van der Waals surface area contributed by atoms with Crippen LogP contribution in [-0.4, -0.2) is 20.9 Å². The van der Waals surface area contributed by atoms with Gasteiger partial charge < -0.3 is 5.32 Å². The van der Waals surface area contributed by atoms with E-state index in [0.717, 1.165) is 18.3 Å². The number of aromatic nitrogens is 3. The lowest BCUT2D eigenvalue weighted by Gasteiger charge is -2.07. The van der Waals surface area contributed by atoms with E-state index in [1.807, 2.05) is 13.8 Å². The van der Waals surface area contributed by atoms with Gasteiger partial charge in [-0.1, -0.05) is 25.4 Å². The van der Waals surface area contributed by atoms with Crippen molar-refractivity contribution in [2.24, 2.45) is 0 Å². The number of nitrogens with zero attached hydrogens (tertiary/aromatic N) is 3. The number of rotatable bonds is 2. The van der Waals surface area contributed by atoms with Gasteiger partial charge in [0.1, 0.15) is 5.69 Å². The van der Waals surface area contributed by atoms with E-state index in [4.69, 9.17) is 11.6 Å². The van der Waals surface area contributed by atoms with Crippen LogP contribution in [0.25, 0.3) is 0 Å². The van der Waals surface area contributed by atoms with Gasteiger partial charge in [-0.15, -0.1) is 0 Å². The molecule has 22 heavy (non-hydrogen) atoms. The Labute approximate surface area is 129 Å². The molecule has 0 aliphatic rings. The van der Waals surface area contributed by atoms with Gasteiger partial charge in [-0.3, -0.25) is 4.79 Å². The number of hydrogen-bond acceptors (Lipinski definition) is 4. The Morgan fingerprint density at radius 1 is 1.14 bits per heavy atom. The molecule has 0 saturated carbocycles. The Bertz CT molecular complexity index is 632. The van der Waals surface area contributed by atoms with Gasteiger partial charge >= 0.3 is 6.18 Å². The zero-order valence-corrected chi connectivity index (χ0v) is 12.4. The second kappa shape index (κ2) is 7.69. The summed E-state index contributed by atoms with van der Waals surface area (Å²) in [5.74, 6) is -0.690. The molecule has 0 unspecified atom stereocenters. The van der Waals surface area contributed by atoms with Gasteiger partial charge in [0, 0.05) is 12.4 Å². The average Bonchev–Trinajstić information content (AvgIpc) is 2.49. The molecule has 2 rings (SSSR count). The van der Waals surface area contributed by atoms with Crippen molar-refractivity contribution in [3.8, 4) is 0 Å². The Hall–Kier alpha value is -2.22. The van der Waals surface area contributed by atoms with Crippen LogP contribution in [0.2, 0.25) is 5.15 Å². The molecule has 9 heteroatoms. The number of hydrogen-bond donors (Lipinski definition) is 1. The van der Waals surface area contributed by atoms with Crippen LogP contribution >= 0.6 is 11.6 Å². The molecule has 118 valence electrons. The van der Waals surface area contributed by atoms with Crippen molar-refractivity contribution in [3.05, 3.63) is 47.3 Å². The third-order valence-electron chi connectivity index (χ3n) is 2.18. The third-order valence-corrected chi connectivity index (χ3v) is 2.46. The normalized spacial score (nSPS) is 10.5. The van der Waals surface area contributed by atoms with E-state index in [1.165, 1.54) is 12.4 Å². The molecular weight excluding hydrogens is 321 g/mol. The third kappa shape index (κ3) is 4.66. The van der Waals surface area contributed by atoms with E-state index >= 15 is 0 Å². The van der Waals surface area contributed by atoms with Crippen molar-refractivity contribution in [2.75, 3.05) is 5.32 Å². The summed E-state index contributed by atoms with van der Waals surface area (Å²) in [4.78, 5) is 22.4. The number of carbonyl (C=O) groups excluding carboxylic acids is 1. The number of nitrogens with one attached hydrogen (secondary N) is 1. The Kier molecular flexibility index (Phi) is 6.24. The summed E-state index contributed by atoms with van der Waals surface area (Å²) in [5.41, 5.74) is -1.09. The zero-order valence-electron chi connectivity index (χ0n) is 11.6. The summed E-state index contributed by atoms with van der Waals surface area (Å²) < 4.78 is 36.9. The Morgan fingerprint density at radius 2 is 1.77 bits per heavy atom. The highest BCUT2D eigenvalue weighted by Gasteiger charge is 2.32. The van der Waals surface area contributed by atoms with Crippen LogP contribution in [0, 0.1) is 0 Å². The van der Waals surface area contributed by atoms with Gasteiger partial charge in [-0.2, -0.15) is 13.2 Å². The average molecular weight is 333 g/mol. The highest BCUT2D eigenvalue weighted by atomic mass is 35.5. The van der Waals surface area contributed by atoms with Crippen molar-refractivity contribution in [3.63, 3.8) is 0 Å². The SMILES string of the molecule is CC.O=C(Nc1ccc(C(F)(F)F)nc1)c1nccnc1Cl. The fourth-order valence-electron chi connectivity index (χ4n) is 1.30. The van der Waals surface area contributed by atoms with Gasteiger partial charge in [0.15, 0.2) is 10.8 Å². The standard InChI is InChI=1S/C11H6ClF3N4O.C2H6/c12-9-8(16-3-4-17-9)10(20)19-6-1-2-7(18-5-6)11(13,14)15;1-2/h1-5H,(H,19,20);1-2H3. The lowest BCUT2D eigenvalue weighted by molar-refractivity contribution is -0.141. The Morgan fingerprint density at radius 3 is 2.27 bits per heavy atom. The molecule has 0 fully saturated rings. The number of pyridine rings is 1. The monoisotopic (exact) mass is 332 g/mol. The van der Waals surface area contributed by atoms with Crippen LogP contribution in [0.5, 0.6) is 0 Å². The van der Waals surface area contributed by atoms with Crippen molar-refractivity contribution in [2.45, 2.75) is 20.0 Å². The molecule has 0 aliphatic heterocycles. The molecule has 0 atom stereocenters. The summed E-state index contributed by atoms with van der Waals surface area (Å²) in [7, 11) is 0. The highest BCUT2D eigenvalue weighted by Crippen LogP contribution is 2.27. The summed E-state index contributed by atoms with van der Waals surface area (Å²) >= 11 is 5.67. The van der Waals surface area contributed by atoms with E-state index in [9.17, 15) is 18.0 Å². The molecule has 0 radical (unpaired) electrons. The smallest absolute Gasteiger partial charge is 0.319 e. The van der Waals surface area contributed by atoms with Crippen LogP contribution in [0.15, 0.2) is 30.7 Å². The number of carbonyl (C=O) groups is 1. The first-order chi connectivity index (χ1) is 10.4. The van der Waals surface area contributed by atoms with E-state index in [1.54, 1.807) is 0 Å². The number of alkyl halides is 3. The van der Waals surface area contributed by atoms with Crippen LogP contribution in [0.1, 0.15) is 30.0 Å². The van der Waals surface area contributed by atoms with Crippen molar-refractivity contribution in [1.82, 2.24) is 15.0 Å². The minimum atomic E-state index is -4.53. The fraction of sp³-hybridized carbons (Fsp3) is 0.231. The van der Waals surface area contributed by atoms with E-state index in [-0.39, 0.29) is 16.5 Å². The molecule has 2 heterocycles.